The highest BCUT2D eigenvalue weighted by Crippen LogP contribution is 2.40. The minimum Gasteiger partial charge on any atom is -0.399 e. The first-order valence-corrected chi connectivity index (χ1v) is 20.1. The van der Waals surface area contributed by atoms with Gasteiger partial charge in [-0.1, -0.05) is 60.1 Å². The van der Waals surface area contributed by atoms with E-state index in [-0.39, 0.29) is 66.5 Å². The summed E-state index contributed by atoms with van der Waals surface area (Å²) in [4.78, 5) is 59.1. The second-order valence-electron chi connectivity index (χ2n) is 16.5. The number of aliphatic hydroxyl groups is 1. The molecule has 4 amide bonds. The van der Waals surface area contributed by atoms with E-state index in [1.165, 1.54) is 0 Å². The van der Waals surface area contributed by atoms with E-state index in [2.05, 4.69) is 36.7 Å². The molecule has 2 heterocycles. The molecule has 13 nitrogen and oxygen atoms in total. The van der Waals surface area contributed by atoms with Gasteiger partial charge < -0.3 is 46.1 Å². The molecule has 0 radical (unpaired) electrons. The number of ether oxygens (including phenoxy) is 2. The van der Waals surface area contributed by atoms with Crippen LogP contribution in [0.4, 0.5) is 5.69 Å². The Morgan fingerprint density at radius 2 is 1.80 bits per heavy atom. The lowest BCUT2D eigenvalue weighted by Crippen LogP contribution is -2.60. The molecular formula is C41H68N6O7. The predicted octanol–water partition coefficient (Wildman–Crippen LogP) is 2.74. The zero-order valence-electron chi connectivity index (χ0n) is 34.0. The molecule has 12 atom stereocenters. The van der Waals surface area contributed by atoms with Crippen LogP contribution in [0.2, 0.25) is 0 Å². The van der Waals surface area contributed by atoms with Crippen molar-refractivity contribution in [2.45, 2.75) is 135 Å². The number of likely N-dealkylation sites (N-methyl/N-ethyl adjacent to an activating group) is 1. The molecule has 54 heavy (non-hydrogen) atoms. The predicted molar refractivity (Wildman–Crippen MR) is 209 cm³/mol. The Labute approximate surface area is 322 Å². The Bertz CT molecular complexity index is 1430. The third-order valence-corrected chi connectivity index (χ3v) is 12.7. The lowest BCUT2D eigenvalue weighted by Gasteiger charge is -2.41. The number of likely N-dealkylation sites (tertiary alicyclic amines) is 1. The van der Waals surface area contributed by atoms with Crippen LogP contribution in [0.1, 0.15) is 85.6 Å². The topological polar surface area (TPSA) is 176 Å². The van der Waals surface area contributed by atoms with Gasteiger partial charge >= 0.3 is 0 Å². The van der Waals surface area contributed by atoms with Crippen LogP contribution >= 0.6 is 0 Å². The smallest absolute Gasteiger partial charge is 0.245 e. The number of nitrogens with zero attached hydrogens (tertiary/aromatic N) is 2. The number of hydrogen-bond acceptors (Lipinski definition) is 9. The summed E-state index contributed by atoms with van der Waals surface area (Å²) in [6.45, 7) is 12.2. The molecule has 1 aromatic carbocycles. The summed E-state index contributed by atoms with van der Waals surface area (Å²) in [7, 11) is 4.88. The largest absolute Gasteiger partial charge is 0.399 e. The van der Waals surface area contributed by atoms with Gasteiger partial charge in [0.05, 0.1) is 55.3 Å². The maximum Gasteiger partial charge on any atom is 0.245 e. The molecule has 13 heteroatoms. The monoisotopic (exact) mass is 757 g/mol. The van der Waals surface area contributed by atoms with Crippen molar-refractivity contribution in [2.24, 2.45) is 29.6 Å². The summed E-state index contributed by atoms with van der Waals surface area (Å²) in [6.07, 6.45) is 3.53. The molecule has 0 aromatic heterocycles. The van der Waals surface area contributed by atoms with Crippen molar-refractivity contribution < 1.29 is 33.8 Å². The highest BCUT2D eigenvalue weighted by atomic mass is 16.5. The first-order chi connectivity index (χ1) is 25.7. The van der Waals surface area contributed by atoms with Gasteiger partial charge in [-0.05, 0) is 73.5 Å². The molecule has 304 valence electrons. The van der Waals surface area contributed by atoms with Gasteiger partial charge in [-0.15, -0.1) is 0 Å². The van der Waals surface area contributed by atoms with Gasteiger partial charge in [-0.3, -0.25) is 19.2 Å². The molecule has 4 rings (SSSR count). The number of carbonyl (C=O) groups excluding carboxylic acids is 4. The van der Waals surface area contributed by atoms with E-state index < -0.39 is 36.3 Å². The summed E-state index contributed by atoms with van der Waals surface area (Å²) in [6, 6.07) is 5.38. The van der Waals surface area contributed by atoms with Crippen LogP contribution in [0.15, 0.2) is 24.3 Å². The molecule has 3 unspecified atom stereocenters. The Morgan fingerprint density at radius 3 is 2.35 bits per heavy atom. The van der Waals surface area contributed by atoms with Crippen molar-refractivity contribution >= 4 is 29.3 Å². The average Bonchev–Trinajstić information content (AvgIpc) is 3.87. The lowest BCUT2D eigenvalue weighted by atomic mass is 9.89. The van der Waals surface area contributed by atoms with Gasteiger partial charge in [0.25, 0.3) is 0 Å². The minimum absolute atomic E-state index is 0.00934. The van der Waals surface area contributed by atoms with Crippen LogP contribution in [0.25, 0.3) is 0 Å². The fraction of sp³-hybridized carbons (Fsp3) is 0.756. The van der Waals surface area contributed by atoms with Crippen LogP contribution in [-0.4, -0.2) is 121 Å². The quantitative estimate of drug-likeness (QED) is 0.133. The van der Waals surface area contributed by atoms with Crippen LogP contribution in [-0.2, 0) is 35.1 Å². The summed E-state index contributed by atoms with van der Waals surface area (Å²) in [5, 5.41) is 19.6. The second kappa shape index (κ2) is 19.6. The highest BCUT2D eigenvalue weighted by molar-refractivity contribution is 5.90. The number of benzene rings is 1. The number of nitrogen functional groups attached to an aromatic ring is 1. The normalized spacial score (nSPS) is 26.1. The molecular weight excluding hydrogens is 688 g/mol. The van der Waals surface area contributed by atoms with Crippen molar-refractivity contribution in [3.05, 3.63) is 29.8 Å². The summed E-state index contributed by atoms with van der Waals surface area (Å²) < 4.78 is 12.0. The van der Waals surface area contributed by atoms with E-state index in [0.717, 1.165) is 31.2 Å². The maximum atomic E-state index is 14.3. The molecule has 3 fully saturated rings. The van der Waals surface area contributed by atoms with Gasteiger partial charge in [0.2, 0.25) is 23.6 Å². The molecule has 3 aliphatic rings. The zero-order chi connectivity index (χ0) is 39.9. The first kappa shape index (κ1) is 43.5. The van der Waals surface area contributed by atoms with Crippen LogP contribution in [0.5, 0.6) is 0 Å². The van der Waals surface area contributed by atoms with Gasteiger partial charge in [-0.25, -0.2) is 0 Å². The number of rotatable bonds is 19. The van der Waals surface area contributed by atoms with Crippen LogP contribution in [0.3, 0.4) is 0 Å². The molecule has 1 aromatic rings. The number of piperidine rings is 1. The van der Waals surface area contributed by atoms with Crippen molar-refractivity contribution in [3.8, 4) is 0 Å². The third-order valence-electron chi connectivity index (χ3n) is 12.7. The van der Waals surface area contributed by atoms with E-state index >= 15 is 0 Å². The van der Waals surface area contributed by atoms with E-state index in [9.17, 15) is 24.3 Å². The number of anilines is 1. The number of amides is 4. The molecule has 6 N–H and O–H groups in total. The standard InChI is InChI=1S/C41H68N6O7/c1-10-24(4)37(46(7)41(52)35(23(2)3)45-40(51)36-30-16-17-31(44-36)25(30)5)33(53-8)21-34(49)47-18-12-15-32(47)38(54-9)26(6)39(50)43-29(22-48)20-27-13-11-14-28(42)19-27/h11,13-14,19,23-26,29-33,35-38,44,48H,10,12,15-18,20-22,42H2,1-9H3,(H,43,50)(H,45,51)/t24-,25-,26+,29-,30?,31?,32-,33+,35-,36-,37?,38+/m0/s1. The number of carbonyl (C=O) groups is 4. The van der Waals surface area contributed by atoms with Gasteiger partial charge in [0.15, 0.2) is 0 Å². The molecule has 2 aliphatic heterocycles. The van der Waals surface area contributed by atoms with Crippen LogP contribution in [0, 0.1) is 29.6 Å². The average molecular weight is 757 g/mol. The van der Waals surface area contributed by atoms with Crippen molar-refractivity contribution in [1.82, 2.24) is 25.8 Å². The summed E-state index contributed by atoms with van der Waals surface area (Å²) >= 11 is 0. The van der Waals surface area contributed by atoms with E-state index in [4.69, 9.17) is 15.2 Å². The molecule has 2 bridgehead atoms. The lowest BCUT2D eigenvalue weighted by molar-refractivity contribution is -0.147. The number of aliphatic hydroxyl groups excluding tert-OH is 1. The van der Waals surface area contributed by atoms with E-state index in [1.54, 1.807) is 44.1 Å². The van der Waals surface area contributed by atoms with E-state index in [1.807, 2.05) is 32.0 Å². The zero-order valence-corrected chi connectivity index (χ0v) is 34.0. The number of hydrogen-bond donors (Lipinski definition) is 5. The maximum absolute atomic E-state index is 14.3. The number of nitrogens with two attached hydrogens (primary N) is 1. The molecule has 2 saturated heterocycles. The minimum atomic E-state index is -0.729. The van der Waals surface area contributed by atoms with E-state index in [0.29, 0.717) is 37.0 Å². The molecule has 1 aliphatic carbocycles. The Hall–Kier alpha value is -3.26. The summed E-state index contributed by atoms with van der Waals surface area (Å²) in [5.74, 6) is -0.799. The highest BCUT2D eigenvalue weighted by Gasteiger charge is 2.49. The fourth-order valence-electron chi connectivity index (χ4n) is 9.31. The van der Waals surface area contributed by atoms with Crippen molar-refractivity contribution in [3.63, 3.8) is 0 Å². The number of methoxy groups -OCH3 is 2. The molecule has 1 saturated carbocycles. The van der Waals surface area contributed by atoms with Crippen molar-refractivity contribution in [2.75, 3.05) is 40.2 Å². The van der Waals surface area contributed by atoms with Crippen molar-refractivity contribution in [1.29, 1.82) is 0 Å². The summed E-state index contributed by atoms with van der Waals surface area (Å²) in [5.41, 5.74) is 7.44. The Kier molecular flexibility index (Phi) is 15.7. The fourth-order valence-corrected chi connectivity index (χ4v) is 9.31. The first-order valence-electron chi connectivity index (χ1n) is 20.1. The third kappa shape index (κ3) is 9.94. The second-order valence-corrected chi connectivity index (χ2v) is 16.5. The van der Waals surface area contributed by atoms with Crippen LogP contribution < -0.4 is 21.7 Å². The van der Waals surface area contributed by atoms with Gasteiger partial charge in [0, 0.05) is 39.5 Å². The van der Waals surface area contributed by atoms with Gasteiger partial charge in [0.1, 0.15) is 6.04 Å². The van der Waals surface area contributed by atoms with Gasteiger partial charge in [-0.2, -0.15) is 0 Å². The Morgan fingerprint density at radius 1 is 1.07 bits per heavy atom. The molecule has 0 spiro atoms. The number of nitrogens with one attached hydrogen (secondary N) is 3. The number of fused-ring (bicyclic) bond motifs is 2. The Balaban J connectivity index is 1.44. The SMILES string of the molecule is CC[C@H](C)C([C@@H](CC(=O)N1CCC[C@H]1[C@H](OC)[C@@H](C)C(=O)N[C@H](CO)Cc1cccc(N)c1)OC)N(C)C(=O)[C@@H](NC(=O)[C@H]1NC2CCC1[C@@H]2C)C(C)C.